The van der Waals surface area contributed by atoms with Crippen molar-refractivity contribution in [1.29, 1.82) is 0 Å². The molecule has 0 amide bonds. The first-order chi connectivity index (χ1) is 7.02. The number of benzene rings is 1. The van der Waals surface area contributed by atoms with Crippen molar-refractivity contribution in [3.8, 4) is 0 Å². The first kappa shape index (κ1) is 13.6. The zero-order valence-electron chi connectivity index (χ0n) is 10.1. The van der Waals surface area contributed by atoms with Crippen molar-refractivity contribution >= 4 is 5.69 Å². The third-order valence-corrected chi connectivity index (χ3v) is 2.10. The molecule has 0 bridgehead atoms. The first-order valence-corrected chi connectivity index (χ1v) is 5.27. The van der Waals surface area contributed by atoms with Crippen LogP contribution in [0, 0.1) is 17.0 Å². The molecule has 0 N–H and O–H groups in total. The fourth-order valence-corrected chi connectivity index (χ4v) is 1.18. The van der Waals surface area contributed by atoms with Crippen molar-refractivity contribution in [2.75, 3.05) is 0 Å². The van der Waals surface area contributed by atoms with Crippen molar-refractivity contribution in [2.24, 2.45) is 0 Å². The lowest BCUT2D eigenvalue weighted by molar-refractivity contribution is -0.385. The Morgan fingerprint density at radius 2 is 1.80 bits per heavy atom. The maximum absolute atomic E-state index is 10.6. The molecule has 0 radical (unpaired) electrons. The lowest BCUT2D eigenvalue weighted by Gasteiger charge is -2.05. The van der Waals surface area contributed by atoms with Gasteiger partial charge in [0.15, 0.2) is 0 Å². The fourth-order valence-electron chi connectivity index (χ4n) is 1.18. The van der Waals surface area contributed by atoms with Gasteiger partial charge in [-0.3, -0.25) is 10.1 Å². The van der Waals surface area contributed by atoms with E-state index in [4.69, 9.17) is 0 Å². The number of nitrogens with zero attached hydrogens (tertiary/aromatic N) is 1. The Morgan fingerprint density at radius 3 is 2.20 bits per heavy atom. The monoisotopic (exact) mass is 209 g/mol. The molecule has 3 heteroatoms. The van der Waals surface area contributed by atoms with Crippen molar-refractivity contribution in [3.63, 3.8) is 0 Å². The highest BCUT2D eigenvalue weighted by atomic mass is 16.6. The van der Waals surface area contributed by atoms with E-state index in [0.717, 1.165) is 11.1 Å². The number of hydrogen-bond acceptors (Lipinski definition) is 2. The van der Waals surface area contributed by atoms with Gasteiger partial charge in [-0.05, 0) is 18.4 Å². The van der Waals surface area contributed by atoms with E-state index in [2.05, 4.69) is 0 Å². The molecule has 1 aromatic rings. The van der Waals surface area contributed by atoms with Gasteiger partial charge in [-0.1, -0.05) is 39.8 Å². The Balaban J connectivity index is 0.000000921. The molecule has 0 atom stereocenters. The predicted octanol–water partition coefficient (Wildman–Crippen LogP) is 4.05. The highest BCUT2D eigenvalue weighted by Gasteiger charge is 2.11. The van der Waals surface area contributed by atoms with Crippen LogP contribution in [0.5, 0.6) is 0 Å². The van der Waals surface area contributed by atoms with Crippen LogP contribution >= 0.6 is 0 Å². The normalized spacial score (nSPS) is 9.47. The van der Waals surface area contributed by atoms with Crippen LogP contribution in [0.2, 0.25) is 0 Å². The van der Waals surface area contributed by atoms with Gasteiger partial charge >= 0.3 is 0 Å². The molecule has 0 saturated carbocycles. The van der Waals surface area contributed by atoms with Gasteiger partial charge in [0.2, 0.25) is 0 Å². The van der Waals surface area contributed by atoms with Crippen molar-refractivity contribution in [1.82, 2.24) is 0 Å². The molecule has 0 spiro atoms. The lowest BCUT2D eigenvalue weighted by atomic mass is 10.0. The maximum atomic E-state index is 10.6. The van der Waals surface area contributed by atoms with E-state index in [-0.39, 0.29) is 10.6 Å². The van der Waals surface area contributed by atoms with Gasteiger partial charge in [0.1, 0.15) is 0 Å². The Morgan fingerprint density at radius 1 is 1.27 bits per heavy atom. The van der Waals surface area contributed by atoms with E-state index in [9.17, 15) is 10.1 Å². The van der Waals surface area contributed by atoms with Crippen LogP contribution in [0.3, 0.4) is 0 Å². The molecule has 84 valence electrons. The second-order valence-corrected chi connectivity index (χ2v) is 3.46. The van der Waals surface area contributed by atoms with Gasteiger partial charge in [0.25, 0.3) is 5.69 Å². The summed E-state index contributed by atoms with van der Waals surface area (Å²) in [7, 11) is 0. The second kappa shape index (κ2) is 6.17. The summed E-state index contributed by atoms with van der Waals surface area (Å²) in [6, 6.07) is 5.39. The molecule has 0 fully saturated rings. The van der Waals surface area contributed by atoms with Gasteiger partial charge in [-0.2, -0.15) is 0 Å². The van der Waals surface area contributed by atoms with Gasteiger partial charge in [0, 0.05) is 11.6 Å². The predicted molar refractivity (Wildman–Crippen MR) is 63.3 cm³/mol. The smallest absolute Gasteiger partial charge is 0.258 e. The molecule has 0 heterocycles. The van der Waals surface area contributed by atoms with Crippen LogP contribution in [0.25, 0.3) is 0 Å². The number of aryl methyl sites for hydroxylation is 1. The zero-order chi connectivity index (χ0) is 12.0. The third kappa shape index (κ3) is 3.70. The van der Waals surface area contributed by atoms with Crippen LogP contribution in [-0.4, -0.2) is 4.92 Å². The van der Waals surface area contributed by atoms with Gasteiger partial charge < -0.3 is 0 Å². The van der Waals surface area contributed by atoms with E-state index < -0.39 is 0 Å². The van der Waals surface area contributed by atoms with E-state index in [0.29, 0.717) is 5.92 Å². The summed E-state index contributed by atoms with van der Waals surface area (Å²) in [5.41, 5.74) is 1.94. The molecule has 0 unspecified atom stereocenters. The number of nitro groups is 1. The highest BCUT2D eigenvalue weighted by Crippen LogP contribution is 2.23. The summed E-state index contributed by atoms with van der Waals surface area (Å²) in [5.74, 6) is 0.333. The standard InChI is InChI=1S/C10H13NO2.C2H6/c1-7(2)9-5-4-8(3)10(6-9)11(12)13;1-2/h4-7H,1-3H3;1-2H3. The number of rotatable bonds is 2. The summed E-state index contributed by atoms with van der Waals surface area (Å²) in [4.78, 5) is 10.3. The molecule has 3 nitrogen and oxygen atoms in total. The second-order valence-electron chi connectivity index (χ2n) is 3.46. The van der Waals surface area contributed by atoms with Gasteiger partial charge in [-0.15, -0.1) is 0 Å². The van der Waals surface area contributed by atoms with Crippen LogP contribution in [0.4, 0.5) is 5.69 Å². The van der Waals surface area contributed by atoms with Crippen molar-refractivity contribution in [3.05, 3.63) is 39.4 Å². The zero-order valence-corrected chi connectivity index (χ0v) is 10.1. The Kier molecular flexibility index (Phi) is 5.60. The molecule has 0 aliphatic rings. The fraction of sp³-hybridized carbons (Fsp3) is 0.500. The minimum absolute atomic E-state index is 0.214. The van der Waals surface area contributed by atoms with Crippen LogP contribution in [0.15, 0.2) is 18.2 Å². The maximum Gasteiger partial charge on any atom is 0.272 e. The largest absolute Gasteiger partial charge is 0.272 e. The Hall–Kier alpha value is -1.38. The summed E-state index contributed by atoms with van der Waals surface area (Å²) in [6.07, 6.45) is 0. The summed E-state index contributed by atoms with van der Waals surface area (Å²) < 4.78 is 0. The summed E-state index contributed by atoms with van der Waals surface area (Å²) in [6.45, 7) is 9.80. The van der Waals surface area contributed by atoms with E-state index in [1.54, 1.807) is 19.1 Å². The number of hydrogen-bond donors (Lipinski definition) is 0. The quantitative estimate of drug-likeness (QED) is 0.544. The Labute approximate surface area is 91.3 Å². The third-order valence-electron chi connectivity index (χ3n) is 2.10. The summed E-state index contributed by atoms with van der Waals surface area (Å²) >= 11 is 0. The SMILES string of the molecule is CC.Cc1ccc(C(C)C)cc1[N+](=O)[O-]. The minimum Gasteiger partial charge on any atom is -0.258 e. The average Bonchev–Trinajstić information content (AvgIpc) is 2.20. The first-order valence-electron chi connectivity index (χ1n) is 5.27. The van der Waals surface area contributed by atoms with Crippen LogP contribution in [0.1, 0.15) is 44.7 Å². The summed E-state index contributed by atoms with van der Waals surface area (Å²) in [5, 5.41) is 10.6. The molecule has 0 aliphatic carbocycles. The van der Waals surface area contributed by atoms with Gasteiger partial charge in [-0.25, -0.2) is 0 Å². The molecule has 0 saturated heterocycles. The minimum atomic E-state index is -0.332. The van der Waals surface area contributed by atoms with Crippen molar-refractivity contribution < 1.29 is 4.92 Å². The van der Waals surface area contributed by atoms with E-state index >= 15 is 0 Å². The van der Waals surface area contributed by atoms with Crippen LogP contribution < -0.4 is 0 Å². The Bertz CT molecular complexity index is 332. The van der Waals surface area contributed by atoms with Crippen molar-refractivity contribution in [2.45, 2.75) is 40.5 Å². The van der Waals surface area contributed by atoms with Crippen LogP contribution in [-0.2, 0) is 0 Å². The van der Waals surface area contributed by atoms with E-state index in [1.165, 1.54) is 0 Å². The molecular weight excluding hydrogens is 190 g/mol. The van der Waals surface area contributed by atoms with Gasteiger partial charge in [0.05, 0.1) is 4.92 Å². The van der Waals surface area contributed by atoms with E-state index in [1.807, 2.05) is 33.8 Å². The molecule has 1 rings (SSSR count). The lowest BCUT2D eigenvalue weighted by Crippen LogP contribution is -1.94. The number of nitro benzene ring substituents is 1. The molecular formula is C12H19NO2. The molecule has 1 aromatic carbocycles. The molecule has 15 heavy (non-hydrogen) atoms. The molecule has 0 aliphatic heterocycles. The highest BCUT2D eigenvalue weighted by molar-refractivity contribution is 5.43. The average molecular weight is 209 g/mol. The topological polar surface area (TPSA) is 43.1 Å². The molecule has 0 aromatic heterocycles.